The lowest BCUT2D eigenvalue weighted by Crippen LogP contribution is -2.50. The predicted molar refractivity (Wildman–Crippen MR) is 91.4 cm³/mol. The van der Waals surface area contributed by atoms with Crippen LogP contribution in [0, 0.1) is 17.2 Å². The van der Waals surface area contributed by atoms with Crippen LogP contribution in [0.4, 0.5) is 0 Å². The van der Waals surface area contributed by atoms with Gasteiger partial charge >= 0.3 is 11.7 Å². The monoisotopic (exact) mass is 362 g/mol. The Kier molecular flexibility index (Phi) is 5.97. The third-order valence-electron chi connectivity index (χ3n) is 4.73. The molecule has 26 heavy (non-hydrogen) atoms. The molecule has 1 aromatic heterocycles. The quantitative estimate of drug-likeness (QED) is 0.683. The summed E-state index contributed by atoms with van der Waals surface area (Å²) in [6.07, 6.45) is 1.77. The molecular weight excluding hydrogens is 340 g/mol. The summed E-state index contributed by atoms with van der Waals surface area (Å²) in [4.78, 5) is 49.2. The van der Waals surface area contributed by atoms with Crippen molar-refractivity contribution in [3.05, 3.63) is 32.1 Å². The van der Waals surface area contributed by atoms with Crippen molar-refractivity contribution >= 4 is 11.9 Å². The summed E-state index contributed by atoms with van der Waals surface area (Å²) < 4.78 is 6.80. The van der Waals surface area contributed by atoms with Gasteiger partial charge in [0.05, 0.1) is 7.11 Å². The molecule has 0 radical (unpaired) electrons. The Labute approximate surface area is 150 Å². The molecule has 0 saturated heterocycles. The lowest BCUT2D eigenvalue weighted by Gasteiger charge is -2.22. The molecule has 140 valence electrons. The van der Waals surface area contributed by atoms with Crippen LogP contribution in [0.5, 0.6) is 0 Å². The number of rotatable bonds is 6. The molecule has 1 amide bonds. The molecular formula is C17H22N4O5. The number of nitriles is 1. The number of methoxy groups -OCH3 is 1. The normalized spacial score (nSPS) is 14.8. The van der Waals surface area contributed by atoms with E-state index in [9.17, 15) is 24.4 Å². The van der Waals surface area contributed by atoms with E-state index in [1.807, 2.05) is 13.0 Å². The number of carbonyl (C=O) groups is 2. The molecule has 0 aliphatic carbocycles. The van der Waals surface area contributed by atoms with Gasteiger partial charge in [0.1, 0.15) is 24.2 Å². The zero-order chi connectivity index (χ0) is 19.4. The Bertz CT molecular complexity index is 877. The third kappa shape index (κ3) is 3.54. The molecule has 9 nitrogen and oxygen atoms in total. The highest BCUT2D eigenvalue weighted by molar-refractivity contribution is 5.84. The maximum absolute atomic E-state index is 12.5. The minimum Gasteiger partial charge on any atom is -0.467 e. The predicted octanol–water partition coefficient (Wildman–Crippen LogP) is -0.468. The highest BCUT2D eigenvalue weighted by Crippen LogP contribution is 2.13. The van der Waals surface area contributed by atoms with Crippen molar-refractivity contribution in [3.8, 4) is 6.07 Å². The summed E-state index contributed by atoms with van der Waals surface area (Å²) in [5, 5.41) is 11.8. The van der Waals surface area contributed by atoms with E-state index in [-0.39, 0.29) is 11.5 Å². The van der Waals surface area contributed by atoms with Crippen molar-refractivity contribution in [1.29, 1.82) is 5.26 Å². The minimum atomic E-state index is -0.874. The molecule has 0 fully saturated rings. The SMILES string of the molecule is CC[C@H](C)[C@H](NC(=O)Cn1c(=O)c(C#N)c2n(c1=O)CCC2)C(=O)OC. The van der Waals surface area contributed by atoms with Crippen molar-refractivity contribution in [2.75, 3.05) is 7.11 Å². The second-order valence-electron chi connectivity index (χ2n) is 6.32. The second-order valence-corrected chi connectivity index (χ2v) is 6.32. The Morgan fingerprint density at radius 2 is 2.08 bits per heavy atom. The van der Waals surface area contributed by atoms with Gasteiger partial charge in [0.15, 0.2) is 0 Å². The number of hydrogen-bond donors (Lipinski definition) is 1. The van der Waals surface area contributed by atoms with E-state index in [0.717, 1.165) is 4.57 Å². The van der Waals surface area contributed by atoms with Crippen LogP contribution in [0.3, 0.4) is 0 Å². The summed E-state index contributed by atoms with van der Waals surface area (Å²) in [5.74, 6) is -1.44. The summed E-state index contributed by atoms with van der Waals surface area (Å²) in [6.45, 7) is 3.49. The van der Waals surface area contributed by atoms with Gasteiger partial charge in [0.25, 0.3) is 5.56 Å². The minimum absolute atomic E-state index is 0.110. The number of aromatic nitrogens is 2. The molecule has 2 atom stereocenters. The molecule has 1 aromatic rings. The van der Waals surface area contributed by atoms with Crippen LogP contribution in [0.25, 0.3) is 0 Å². The van der Waals surface area contributed by atoms with Gasteiger partial charge in [-0.1, -0.05) is 20.3 Å². The average Bonchev–Trinajstić information content (AvgIpc) is 3.12. The first-order chi connectivity index (χ1) is 12.3. The summed E-state index contributed by atoms with van der Waals surface area (Å²) in [5.41, 5.74) is -1.08. The highest BCUT2D eigenvalue weighted by atomic mass is 16.5. The third-order valence-corrected chi connectivity index (χ3v) is 4.73. The zero-order valence-corrected chi connectivity index (χ0v) is 15.1. The first kappa shape index (κ1) is 19.4. The fraction of sp³-hybridized carbons (Fsp3) is 0.588. The number of ether oxygens (including phenoxy) is 1. The lowest BCUT2D eigenvalue weighted by atomic mass is 9.99. The van der Waals surface area contributed by atoms with E-state index in [1.54, 1.807) is 6.92 Å². The van der Waals surface area contributed by atoms with Crippen LogP contribution in [-0.2, 0) is 33.8 Å². The van der Waals surface area contributed by atoms with E-state index in [0.29, 0.717) is 31.5 Å². The molecule has 1 aliphatic heterocycles. The number of nitrogens with zero attached hydrogens (tertiary/aromatic N) is 3. The number of hydrogen-bond acceptors (Lipinski definition) is 6. The molecule has 2 rings (SSSR count). The standard InChI is InChI=1S/C17H22N4O5/c1-4-10(2)14(16(24)26-3)19-13(22)9-21-15(23)11(8-18)12-6-5-7-20(12)17(21)25/h10,14H,4-7,9H2,1-3H3,(H,19,22)/t10-,14-/m0/s1. The Morgan fingerprint density at radius 1 is 1.38 bits per heavy atom. The van der Waals surface area contributed by atoms with Gasteiger partial charge in [0.2, 0.25) is 5.91 Å². The van der Waals surface area contributed by atoms with Gasteiger partial charge in [-0.05, 0) is 18.8 Å². The van der Waals surface area contributed by atoms with Crippen molar-refractivity contribution in [2.24, 2.45) is 5.92 Å². The van der Waals surface area contributed by atoms with Gasteiger partial charge in [-0.15, -0.1) is 0 Å². The van der Waals surface area contributed by atoms with Crippen LogP contribution in [-0.4, -0.2) is 34.2 Å². The Balaban J connectivity index is 2.33. The Morgan fingerprint density at radius 3 is 2.65 bits per heavy atom. The van der Waals surface area contributed by atoms with Crippen molar-refractivity contribution in [3.63, 3.8) is 0 Å². The topological polar surface area (TPSA) is 123 Å². The summed E-state index contributed by atoms with van der Waals surface area (Å²) in [6, 6.07) is 0.959. The molecule has 1 N–H and O–H groups in total. The van der Waals surface area contributed by atoms with E-state index in [1.165, 1.54) is 11.7 Å². The van der Waals surface area contributed by atoms with Gasteiger partial charge in [-0.3, -0.25) is 14.2 Å². The number of nitrogens with one attached hydrogen (secondary N) is 1. The van der Waals surface area contributed by atoms with Gasteiger partial charge in [-0.25, -0.2) is 14.2 Å². The lowest BCUT2D eigenvalue weighted by molar-refractivity contribution is -0.146. The van der Waals surface area contributed by atoms with Gasteiger partial charge in [0, 0.05) is 12.2 Å². The van der Waals surface area contributed by atoms with Crippen LogP contribution in [0.2, 0.25) is 0 Å². The molecule has 2 heterocycles. The fourth-order valence-electron chi connectivity index (χ4n) is 3.05. The van der Waals surface area contributed by atoms with E-state index >= 15 is 0 Å². The average molecular weight is 362 g/mol. The number of esters is 1. The van der Waals surface area contributed by atoms with Gasteiger partial charge in [-0.2, -0.15) is 5.26 Å². The van der Waals surface area contributed by atoms with Crippen LogP contribution >= 0.6 is 0 Å². The van der Waals surface area contributed by atoms with Crippen LogP contribution < -0.4 is 16.6 Å². The van der Waals surface area contributed by atoms with Gasteiger partial charge < -0.3 is 10.1 Å². The first-order valence-corrected chi connectivity index (χ1v) is 8.49. The van der Waals surface area contributed by atoms with E-state index in [4.69, 9.17) is 4.74 Å². The fourth-order valence-corrected chi connectivity index (χ4v) is 3.05. The van der Waals surface area contributed by atoms with Crippen molar-refractivity contribution in [1.82, 2.24) is 14.5 Å². The first-order valence-electron chi connectivity index (χ1n) is 8.49. The highest BCUT2D eigenvalue weighted by Gasteiger charge is 2.28. The molecule has 0 bridgehead atoms. The second kappa shape index (κ2) is 7.99. The molecule has 0 aromatic carbocycles. The number of amides is 1. The maximum atomic E-state index is 12.5. The van der Waals surface area contributed by atoms with E-state index in [2.05, 4.69) is 5.32 Å². The van der Waals surface area contributed by atoms with Crippen LogP contribution in [0.1, 0.15) is 37.9 Å². The summed E-state index contributed by atoms with van der Waals surface area (Å²) >= 11 is 0. The zero-order valence-electron chi connectivity index (χ0n) is 15.1. The smallest absolute Gasteiger partial charge is 0.331 e. The molecule has 0 unspecified atom stereocenters. The molecule has 0 saturated carbocycles. The maximum Gasteiger partial charge on any atom is 0.331 e. The molecule has 0 spiro atoms. The number of fused-ring (bicyclic) bond motifs is 1. The largest absolute Gasteiger partial charge is 0.467 e. The number of carbonyl (C=O) groups excluding carboxylic acids is 2. The van der Waals surface area contributed by atoms with Crippen molar-refractivity contribution in [2.45, 2.75) is 52.2 Å². The van der Waals surface area contributed by atoms with Crippen LogP contribution in [0.15, 0.2) is 9.59 Å². The van der Waals surface area contributed by atoms with E-state index < -0.39 is 35.7 Å². The molecule has 1 aliphatic rings. The summed E-state index contributed by atoms with van der Waals surface area (Å²) in [7, 11) is 1.22. The molecule has 9 heteroatoms. The Hall–Kier alpha value is -2.89. The van der Waals surface area contributed by atoms with Crippen molar-refractivity contribution < 1.29 is 14.3 Å².